The Morgan fingerprint density at radius 2 is 1.96 bits per heavy atom. The number of nitrogens with zero attached hydrogens (tertiary/aromatic N) is 4. The Kier molecular flexibility index (Phi) is 4.71. The summed E-state index contributed by atoms with van der Waals surface area (Å²) in [6.45, 7) is 0.814. The van der Waals surface area contributed by atoms with Crippen molar-refractivity contribution >= 4 is 10.0 Å². The van der Waals surface area contributed by atoms with Gasteiger partial charge in [-0.2, -0.15) is 9.40 Å². The molecular formula is C18H18FN5O2S. The van der Waals surface area contributed by atoms with Gasteiger partial charge in [0, 0.05) is 37.0 Å². The van der Waals surface area contributed by atoms with Crippen LogP contribution in [0.5, 0.6) is 0 Å². The van der Waals surface area contributed by atoms with E-state index in [0.29, 0.717) is 37.2 Å². The normalized spacial score (nSPS) is 16.5. The lowest BCUT2D eigenvalue weighted by atomic mass is 9.95. The van der Waals surface area contributed by atoms with Gasteiger partial charge in [-0.05, 0) is 25.0 Å². The van der Waals surface area contributed by atoms with E-state index in [-0.39, 0.29) is 16.6 Å². The number of rotatable bonds is 4. The van der Waals surface area contributed by atoms with Gasteiger partial charge in [0.1, 0.15) is 10.7 Å². The van der Waals surface area contributed by atoms with Crippen LogP contribution in [0.1, 0.15) is 24.5 Å². The van der Waals surface area contributed by atoms with Crippen molar-refractivity contribution in [2.24, 2.45) is 0 Å². The van der Waals surface area contributed by atoms with Crippen LogP contribution in [0.4, 0.5) is 4.39 Å². The van der Waals surface area contributed by atoms with Crippen molar-refractivity contribution in [1.82, 2.24) is 24.5 Å². The summed E-state index contributed by atoms with van der Waals surface area (Å²) in [7, 11) is -3.52. The molecule has 140 valence electrons. The number of halogens is 1. The largest absolute Gasteiger partial charge is 0.284 e. The Labute approximate surface area is 156 Å². The highest BCUT2D eigenvalue weighted by atomic mass is 32.2. The lowest BCUT2D eigenvalue weighted by molar-refractivity contribution is 0.316. The Balaban J connectivity index is 1.50. The molecule has 1 aliphatic rings. The second-order valence-electron chi connectivity index (χ2n) is 6.45. The maximum Gasteiger partial charge on any atom is 0.246 e. The number of hydrogen-bond donors (Lipinski definition) is 1. The minimum Gasteiger partial charge on any atom is -0.284 e. The van der Waals surface area contributed by atoms with Crippen molar-refractivity contribution in [3.8, 4) is 11.3 Å². The van der Waals surface area contributed by atoms with Gasteiger partial charge < -0.3 is 0 Å². The quantitative estimate of drug-likeness (QED) is 0.743. The number of aromatic nitrogens is 4. The molecule has 0 saturated carbocycles. The standard InChI is InChI=1S/C18H18FN5O2S/c19-15-3-1-2-14(8-15)18-12-20-11-17(23-18)13-4-6-24(7-5-13)27(25,26)16-9-21-22-10-16/h1-3,8-13H,4-7H2,(H,21,22). The Hall–Kier alpha value is -2.65. The van der Waals surface area contributed by atoms with Crippen LogP contribution in [0.3, 0.4) is 0 Å². The van der Waals surface area contributed by atoms with Gasteiger partial charge in [0.25, 0.3) is 0 Å². The number of benzene rings is 1. The second-order valence-corrected chi connectivity index (χ2v) is 8.39. The lowest BCUT2D eigenvalue weighted by Gasteiger charge is -2.30. The molecule has 0 spiro atoms. The van der Waals surface area contributed by atoms with Crippen LogP contribution >= 0.6 is 0 Å². The first-order chi connectivity index (χ1) is 13.0. The molecule has 1 aromatic carbocycles. The maximum absolute atomic E-state index is 13.5. The number of H-pyrrole nitrogens is 1. The number of aromatic amines is 1. The van der Waals surface area contributed by atoms with Crippen molar-refractivity contribution in [2.45, 2.75) is 23.7 Å². The predicted molar refractivity (Wildman–Crippen MR) is 96.7 cm³/mol. The van der Waals surface area contributed by atoms with Crippen LogP contribution in [-0.2, 0) is 10.0 Å². The van der Waals surface area contributed by atoms with Gasteiger partial charge in [0.05, 0.1) is 23.8 Å². The van der Waals surface area contributed by atoms with Crippen LogP contribution in [0.15, 0.2) is 53.9 Å². The summed E-state index contributed by atoms with van der Waals surface area (Å²) in [6, 6.07) is 6.24. The van der Waals surface area contributed by atoms with Gasteiger partial charge in [0.15, 0.2) is 0 Å². The summed E-state index contributed by atoms with van der Waals surface area (Å²) in [4.78, 5) is 9.05. The van der Waals surface area contributed by atoms with E-state index < -0.39 is 10.0 Å². The summed E-state index contributed by atoms with van der Waals surface area (Å²) in [5, 5.41) is 6.25. The molecule has 0 aliphatic carbocycles. The highest BCUT2D eigenvalue weighted by Crippen LogP contribution is 2.30. The smallest absolute Gasteiger partial charge is 0.246 e. The van der Waals surface area contributed by atoms with Crippen LogP contribution in [0, 0.1) is 5.82 Å². The van der Waals surface area contributed by atoms with Crippen molar-refractivity contribution in [1.29, 1.82) is 0 Å². The molecule has 27 heavy (non-hydrogen) atoms. The average Bonchev–Trinajstić information content (AvgIpc) is 3.24. The predicted octanol–water partition coefficient (Wildman–Crippen LogP) is 2.57. The molecule has 3 heterocycles. The molecule has 4 rings (SSSR count). The lowest BCUT2D eigenvalue weighted by Crippen LogP contribution is -2.37. The van der Waals surface area contributed by atoms with E-state index in [2.05, 4.69) is 20.2 Å². The molecule has 0 atom stereocenters. The summed E-state index contributed by atoms with van der Waals surface area (Å²) in [6.07, 6.45) is 7.31. The van der Waals surface area contributed by atoms with E-state index >= 15 is 0 Å². The SMILES string of the molecule is O=S(=O)(c1cn[nH]c1)N1CCC(c2cncc(-c3cccc(F)c3)n2)CC1. The molecule has 0 radical (unpaired) electrons. The minimum absolute atomic E-state index is 0.113. The third-order valence-corrected chi connectivity index (χ3v) is 6.62. The summed E-state index contributed by atoms with van der Waals surface area (Å²) < 4.78 is 40.1. The number of piperidine rings is 1. The summed E-state index contributed by atoms with van der Waals surface area (Å²) in [5.41, 5.74) is 2.09. The van der Waals surface area contributed by atoms with Crippen LogP contribution in [-0.4, -0.2) is 46.0 Å². The molecule has 0 bridgehead atoms. The monoisotopic (exact) mass is 387 g/mol. The fraction of sp³-hybridized carbons (Fsp3) is 0.278. The Morgan fingerprint density at radius 3 is 2.67 bits per heavy atom. The number of sulfonamides is 1. The maximum atomic E-state index is 13.5. The third-order valence-electron chi connectivity index (χ3n) is 4.76. The molecule has 9 heteroatoms. The van der Waals surface area contributed by atoms with Crippen molar-refractivity contribution < 1.29 is 12.8 Å². The van der Waals surface area contributed by atoms with Crippen molar-refractivity contribution in [3.63, 3.8) is 0 Å². The van der Waals surface area contributed by atoms with E-state index in [0.717, 1.165) is 5.69 Å². The van der Waals surface area contributed by atoms with Gasteiger partial charge in [-0.15, -0.1) is 0 Å². The molecule has 1 saturated heterocycles. The zero-order valence-corrected chi connectivity index (χ0v) is 15.2. The first kappa shape index (κ1) is 17.7. The van der Waals surface area contributed by atoms with E-state index in [9.17, 15) is 12.8 Å². The molecule has 3 aromatic rings. The fourth-order valence-corrected chi connectivity index (χ4v) is 4.66. The van der Waals surface area contributed by atoms with Gasteiger partial charge in [-0.25, -0.2) is 17.8 Å². The summed E-state index contributed by atoms with van der Waals surface area (Å²) in [5.74, 6) is -0.209. The molecule has 1 fully saturated rings. The van der Waals surface area contributed by atoms with Crippen molar-refractivity contribution in [2.75, 3.05) is 13.1 Å². The molecule has 1 aliphatic heterocycles. The van der Waals surface area contributed by atoms with Gasteiger partial charge in [-0.1, -0.05) is 12.1 Å². The van der Waals surface area contributed by atoms with Crippen LogP contribution < -0.4 is 0 Å². The topological polar surface area (TPSA) is 91.8 Å². The molecule has 0 amide bonds. The van der Waals surface area contributed by atoms with Gasteiger partial charge in [-0.3, -0.25) is 10.1 Å². The minimum atomic E-state index is -3.52. The molecule has 2 aromatic heterocycles. The first-order valence-corrected chi connectivity index (χ1v) is 10.0. The summed E-state index contributed by atoms with van der Waals surface area (Å²) >= 11 is 0. The van der Waals surface area contributed by atoms with Crippen LogP contribution in [0.2, 0.25) is 0 Å². The molecular weight excluding hydrogens is 369 g/mol. The number of hydrogen-bond acceptors (Lipinski definition) is 5. The molecule has 7 nitrogen and oxygen atoms in total. The fourth-order valence-electron chi connectivity index (χ4n) is 3.29. The van der Waals surface area contributed by atoms with E-state index in [1.165, 1.54) is 28.8 Å². The Morgan fingerprint density at radius 1 is 1.15 bits per heavy atom. The Bertz CT molecular complexity index is 1030. The van der Waals surface area contributed by atoms with Gasteiger partial charge in [0.2, 0.25) is 10.0 Å². The van der Waals surface area contributed by atoms with Gasteiger partial charge >= 0.3 is 0 Å². The van der Waals surface area contributed by atoms with Crippen LogP contribution in [0.25, 0.3) is 11.3 Å². The molecule has 0 unspecified atom stereocenters. The highest BCUT2D eigenvalue weighted by Gasteiger charge is 2.31. The zero-order valence-electron chi connectivity index (χ0n) is 14.4. The van der Waals surface area contributed by atoms with E-state index in [1.807, 2.05) is 0 Å². The average molecular weight is 387 g/mol. The first-order valence-electron chi connectivity index (χ1n) is 8.61. The zero-order chi connectivity index (χ0) is 18.9. The third kappa shape index (κ3) is 3.60. The second kappa shape index (κ2) is 7.16. The van der Waals surface area contributed by atoms with E-state index in [4.69, 9.17) is 0 Å². The molecule has 1 N–H and O–H groups in total. The highest BCUT2D eigenvalue weighted by molar-refractivity contribution is 7.89. The number of nitrogens with one attached hydrogen (secondary N) is 1. The van der Waals surface area contributed by atoms with E-state index in [1.54, 1.807) is 24.5 Å². The van der Waals surface area contributed by atoms with Crippen molar-refractivity contribution in [3.05, 3.63) is 60.6 Å².